The normalized spacial score (nSPS) is 23.5. The highest BCUT2D eigenvalue weighted by Gasteiger charge is 2.42. The lowest BCUT2D eigenvalue weighted by Crippen LogP contribution is -2.50. The third kappa shape index (κ3) is 3.10. The Hall–Kier alpha value is -0.810. The van der Waals surface area contributed by atoms with E-state index >= 15 is 0 Å². The highest BCUT2D eigenvalue weighted by Crippen LogP contribution is 2.45. The van der Waals surface area contributed by atoms with E-state index in [1.54, 1.807) is 4.90 Å². The summed E-state index contributed by atoms with van der Waals surface area (Å²) in [4.78, 5) is 15.7. The van der Waals surface area contributed by atoms with Crippen molar-refractivity contribution < 1.29 is 9.53 Å². The molecule has 1 aliphatic carbocycles. The summed E-state index contributed by atoms with van der Waals surface area (Å²) in [6, 6.07) is 0. The van der Waals surface area contributed by atoms with Crippen molar-refractivity contribution in [1.82, 2.24) is 9.80 Å². The van der Waals surface area contributed by atoms with Gasteiger partial charge in [-0.2, -0.15) is 0 Å². The van der Waals surface area contributed by atoms with Crippen molar-refractivity contribution in [2.24, 2.45) is 11.1 Å². The van der Waals surface area contributed by atoms with Crippen molar-refractivity contribution in [1.29, 1.82) is 0 Å². The van der Waals surface area contributed by atoms with Crippen molar-refractivity contribution in [3.8, 4) is 0 Å². The fourth-order valence-corrected chi connectivity index (χ4v) is 2.38. The Kier molecular flexibility index (Phi) is 3.89. The van der Waals surface area contributed by atoms with Gasteiger partial charge in [0.1, 0.15) is 0 Å². The summed E-state index contributed by atoms with van der Waals surface area (Å²) in [5.74, 6) is 0. The predicted molar refractivity (Wildman–Crippen MR) is 65.8 cm³/mol. The van der Waals surface area contributed by atoms with Gasteiger partial charge in [0.05, 0.1) is 6.61 Å². The minimum Gasteiger partial charge on any atom is -0.450 e. The van der Waals surface area contributed by atoms with Crippen LogP contribution < -0.4 is 5.73 Å². The van der Waals surface area contributed by atoms with Gasteiger partial charge in [-0.3, -0.25) is 4.90 Å². The number of hydrogen-bond acceptors (Lipinski definition) is 4. The van der Waals surface area contributed by atoms with E-state index in [1.165, 1.54) is 12.8 Å². The summed E-state index contributed by atoms with van der Waals surface area (Å²) < 4.78 is 5.00. The van der Waals surface area contributed by atoms with Gasteiger partial charge in [-0.05, 0) is 31.7 Å². The summed E-state index contributed by atoms with van der Waals surface area (Å²) in [7, 11) is 0. The molecule has 0 aromatic heterocycles. The summed E-state index contributed by atoms with van der Waals surface area (Å²) in [6.07, 6.45) is 2.36. The van der Waals surface area contributed by atoms with Crippen LogP contribution in [0.1, 0.15) is 19.8 Å². The minimum absolute atomic E-state index is 0.174. The van der Waals surface area contributed by atoms with E-state index in [2.05, 4.69) is 4.90 Å². The summed E-state index contributed by atoms with van der Waals surface area (Å²) in [6.45, 7) is 7.63. The van der Waals surface area contributed by atoms with Gasteiger partial charge in [-0.15, -0.1) is 0 Å². The number of hydrogen-bond donors (Lipinski definition) is 1. The van der Waals surface area contributed by atoms with Crippen LogP contribution in [0.5, 0.6) is 0 Å². The monoisotopic (exact) mass is 241 g/mol. The lowest BCUT2D eigenvalue weighted by molar-refractivity contribution is 0.0741. The Balaban J connectivity index is 1.72. The predicted octanol–water partition coefficient (Wildman–Crippen LogP) is 0.499. The molecule has 5 heteroatoms. The van der Waals surface area contributed by atoms with E-state index in [4.69, 9.17) is 10.5 Å². The topological polar surface area (TPSA) is 58.8 Å². The molecule has 0 aromatic carbocycles. The molecular weight excluding hydrogens is 218 g/mol. The molecule has 1 amide bonds. The van der Waals surface area contributed by atoms with Gasteiger partial charge in [0.2, 0.25) is 0 Å². The number of nitrogens with two attached hydrogens (primary N) is 1. The van der Waals surface area contributed by atoms with Gasteiger partial charge in [0, 0.05) is 32.7 Å². The summed E-state index contributed by atoms with van der Waals surface area (Å²) in [5, 5.41) is 0. The van der Waals surface area contributed by atoms with Crippen molar-refractivity contribution >= 4 is 6.09 Å². The van der Waals surface area contributed by atoms with Gasteiger partial charge in [-0.25, -0.2) is 4.79 Å². The molecule has 0 unspecified atom stereocenters. The Morgan fingerprint density at radius 3 is 2.41 bits per heavy atom. The standard InChI is InChI=1S/C12H23N3O2/c1-2-17-11(16)15-7-5-14(6-8-15)10-12(9-13)3-4-12/h2-10,13H2,1H3. The molecule has 2 rings (SSSR count). The Labute approximate surface area is 103 Å². The zero-order chi connectivity index (χ0) is 12.3. The first-order chi connectivity index (χ1) is 8.19. The second kappa shape index (κ2) is 5.23. The molecule has 1 saturated heterocycles. The highest BCUT2D eigenvalue weighted by molar-refractivity contribution is 5.67. The second-order valence-electron chi connectivity index (χ2n) is 5.17. The van der Waals surface area contributed by atoms with E-state index in [0.717, 1.165) is 39.3 Å². The van der Waals surface area contributed by atoms with Crippen LogP contribution in [-0.4, -0.2) is 61.8 Å². The fraction of sp³-hybridized carbons (Fsp3) is 0.917. The first-order valence-corrected chi connectivity index (χ1v) is 6.53. The van der Waals surface area contributed by atoms with Crippen LogP contribution in [0.4, 0.5) is 4.79 Å². The number of piperazine rings is 1. The SMILES string of the molecule is CCOC(=O)N1CCN(CC2(CN)CC2)CC1. The lowest BCUT2D eigenvalue weighted by atomic mass is 10.1. The van der Waals surface area contributed by atoms with E-state index in [-0.39, 0.29) is 6.09 Å². The first-order valence-electron chi connectivity index (χ1n) is 6.53. The maximum absolute atomic E-state index is 11.5. The molecule has 0 atom stereocenters. The number of nitrogens with zero attached hydrogens (tertiary/aromatic N) is 2. The van der Waals surface area contributed by atoms with Crippen molar-refractivity contribution in [2.45, 2.75) is 19.8 Å². The van der Waals surface area contributed by atoms with E-state index in [1.807, 2.05) is 6.92 Å². The number of rotatable bonds is 4. The molecule has 2 aliphatic rings. The largest absolute Gasteiger partial charge is 0.450 e. The van der Waals surface area contributed by atoms with Crippen LogP contribution in [-0.2, 0) is 4.74 Å². The molecule has 17 heavy (non-hydrogen) atoms. The van der Waals surface area contributed by atoms with Crippen LogP contribution in [0, 0.1) is 5.41 Å². The fourth-order valence-electron chi connectivity index (χ4n) is 2.38. The average Bonchev–Trinajstić information content (AvgIpc) is 3.11. The number of ether oxygens (including phenoxy) is 1. The van der Waals surface area contributed by atoms with Gasteiger partial charge < -0.3 is 15.4 Å². The molecular formula is C12H23N3O2. The molecule has 2 fully saturated rings. The maximum Gasteiger partial charge on any atom is 0.409 e. The Morgan fingerprint density at radius 1 is 1.29 bits per heavy atom. The first kappa shape index (κ1) is 12.6. The lowest BCUT2D eigenvalue weighted by Gasteiger charge is -2.35. The molecule has 0 radical (unpaired) electrons. The number of amides is 1. The van der Waals surface area contributed by atoms with Crippen LogP contribution in [0.3, 0.4) is 0 Å². The molecule has 1 saturated carbocycles. The van der Waals surface area contributed by atoms with Crippen LogP contribution in [0.15, 0.2) is 0 Å². The van der Waals surface area contributed by atoms with E-state index in [0.29, 0.717) is 12.0 Å². The summed E-state index contributed by atoms with van der Waals surface area (Å²) in [5.41, 5.74) is 6.18. The third-order valence-electron chi connectivity index (χ3n) is 3.85. The highest BCUT2D eigenvalue weighted by atomic mass is 16.6. The van der Waals surface area contributed by atoms with Crippen molar-refractivity contribution in [3.63, 3.8) is 0 Å². The quantitative estimate of drug-likeness (QED) is 0.778. The van der Waals surface area contributed by atoms with Crippen molar-refractivity contribution in [3.05, 3.63) is 0 Å². The minimum atomic E-state index is -0.174. The molecule has 0 spiro atoms. The van der Waals surface area contributed by atoms with Crippen molar-refractivity contribution in [2.75, 3.05) is 45.9 Å². The van der Waals surface area contributed by atoms with Gasteiger partial charge in [0.25, 0.3) is 0 Å². The van der Waals surface area contributed by atoms with E-state index < -0.39 is 0 Å². The molecule has 98 valence electrons. The molecule has 0 bridgehead atoms. The molecule has 1 aliphatic heterocycles. The number of carbonyl (C=O) groups excluding carboxylic acids is 1. The van der Waals surface area contributed by atoms with Crippen LogP contribution >= 0.6 is 0 Å². The maximum atomic E-state index is 11.5. The van der Waals surface area contributed by atoms with Gasteiger partial charge in [-0.1, -0.05) is 0 Å². The Bertz CT molecular complexity index is 271. The van der Waals surface area contributed by atoms with Crippen LogP contribution in [0.2, 0.25) is 0 Å². The number of carbonyl (C=O) groups is 1. The Morgan fingerprint density at radius 2 is 1.94 bits per heavy atom. The molecule has 0 aromatic rings. The zero-order valence-electron chi connectivity index (χ0n) is 10.7. The molecule has 1 heterocycles. The summed E-state index contributed by atoms with van der Waals surface area (Å²) >= 11 is 0. The smallest absolute Gasteiger partial charge is 0.409 e. The zero-order valence-corrected chi connectivity index (χ0v) is 10.7. The third-order valence-corrected chi connectivity index (χ3v) is 3.85. The average molecular weight is 241 g/mol. The van der Waals surface area contributed by atoms with Gasteiger partial charge >= 0.3 is 6.09 Å². The van der Waals surface area contributed by atoms with E-state index in [9.17, 15) is 4.79 Å². The molecule has 2 N–H and O–H groups in total. The van der Waals surface area contributed by atoms with Crippen LogP contribution in [0.25, 0.3) is 0 Å². The second-order valence-corrected chi connectivity index (χ2v) is 5.17. The molecule has 5 nitrogen and oxygen atoms in total. The van der Waals surface area contributed by atoms with Gasteiger partial charge in [0.15, 0.2) is 0 Å².